The second kappa shape index (κ2) is 14.0. The summed E-state index contributed by atoms with van der Waals surface area (Å²) in [6, 6.07) is 0. The van der Waals surface area contributed by atoms with Gasteiger partial charge >= 0.3 is 0 Å². The van der Waals surface area contributed by atoms with E-state index in [-0.39, 0.29) is 6.54 Å². The molecule has 0 aromatic rings. The summed E-state index contributed by atoms with van der Waals surface area (Å²) in [5.41, 5.74) is 0. The smallest absolute Gasteiger partial charge is 0.0243 e. The fourth-order valence-corrected chi connectivity index (χ4v) is 1.83. The Morgan fingerprint density at radius 1 is 0.800 bits per heavy atom. The summed E-state index contributed by atoms with van der Waals surface area (Å²) in [5, 5.41) is 2.99. The molecule has 1 heteroatoms. The van der Waals surface area contributed by atoms with Crippen LogP contribution in [0.4, 0.5) is 0 Å². The van der Waals surface area contributed by atoms with Gasteiger partial charge in [-0.15, -0.1) is 0 Å². The van der Waals surface area contributed by atoms with Gasteiger partial charge < -0.3 is 5.32 Å². The molecule has 0 aliphatic rings. The van der Waals surface area contributed by atoms with Gasteiger partial charge in [0, 0.05) is 4.11 Å². The molecule has 0 amide bonds. The van der Waals surface area contributed by atoms with Gasteiger partial charge in [0.2, 0.25) is 0 Å². The quantitative estimate of drug-likeness (QED) is 0.473. The average Bonchev–Trinajstić information content (AvgIpc) is 2.29. The van der Waals surface area contributed by atoms with Gasteiger partial charge in [0.25, 0.3) is 0 Å². The first-order valence-electron chi connectivity index (χ1n) is 8.27. The van der Waals surface area contributed by atoms with Crippen LogP contribution in [0.15, 0.2) is 0 Å². The molecule has 0 heterocycles. The molecule has 0 aromatic heterocycles. The number of nitrogens with one attached hydrogen (secondary N) is 1. The van der Waals surface area contributed by atoms with Crippen molar-refractivity contribution in [1.82, 2.24) is 5.32 Å². The monoisotopic (exact) mass is 216 g/mol. The lowest BCUT2D eigenvalue weighted by molar-refractivity contribution is 0.547. The van der Waals surface area contributed by atoms with Gasteiger partial charge in [0.15, 0.2) is 0 Å². The Bertz CT molecular complexity index is 169. The number of rotatable bonds is 12. The predicted molar refractivity (Wildman–Crippen MR) is 70.4 cm³/mol. The summed E-state index contributed by atoms with van der Waals surface area (Å²) in [5.74, 6) is 0. The summed E-state index contributed by atoms with van der Waals surface area (Å²) in [7, 11) is 0. The minimum Gasteiger partial charge on any atom is -0.317 e. The van der Waals surface area contributed by atoms with E-state index in [1.165, 1.54) is 57.8 Å². The molecule has 1 nitrogen and oxygen atoms in total. The Morgan fingerprint density at radius 2 is 1.33 bits per heavy atom. The van der Waals surface area contributed by atoms with Crippen LogP contribution >= 0.6 is 0 Å². The third kappa shape index (κ3) is 14.0. The second-order valence-electron chi connectivity index (χ2n) is 4.36. The third-order valence-electron chi connectivity index (χ3n) is 2.83. The molecule has 0 aliphatic carbocycles. The highest BCUT2D eigenvalue weighted by Crippen LogP contribution is 2.10. The van der Waals surface area contributed by atoms with Gasteiger partial charge in [-0.25, -0.2) is 0 Å². The van der Waals surface area contributed by atoms with Crippen molar-refractivity contribution in [2.24, 2.45) is 0 Å². The molecular weight excluding hydrogens is 182 g/mol. The fraction of sp³-hybridized carbons (Fsp3) is 1.00. The molecule has 0 aliphatic heterocycles. The first-order chi connectivity index (χ1) is 8.56. The standard InChI is InChI=1S/C14H31N/c1-3-5-6-7-8-9-10-11-12-13-14-15-4-2/h15H,3-14H2,1-2H3/i2D3. The molecule has 15 heavy (non-hydrogen) atoms. The maximum Gasteiger partial charge on any atom is 0.0243 e. The maximum atomic E-state index is 7.04. The molecule has 0 saturated heterocycles. The van der Waals surface area contributed by atoms with E-state index in [9.17, 15) is 0 Å². The van der Waals surface area contributed by atoms with Crippen molar-refractivity contribution in [2.45, 2.75) is 78.0 Å². The zero-order valence-corrected chi connectivity index (χ0v) is 10.5. The Labute approximate surface area is 101 Å². The number of unbranched alkanes of at least 4 members (excludes halogenated alkanes) is 9. The Morgan fingerprint density at radius 3 is 1.87 bits per heavy atom. The SMILES string of the molecule is [2H]C([2H])([2H])CNCCCCCCCCCCCC. The van der Waals surface area contributed by atoms with Gasteiger partial charge in [-0.05, 0) is 19.5 Å². The van der Waals surface area contributed by atoms with Crippen LogP contribution in [0.2, 0.25) is 0 Å². The summed E-state index contributed by atoms with van der Waals surface area (Å²) >= 11 is 0. The fourth-order valence-electron chi connectivity index (χ4n) is 1.83. The van der Waals surface area contributed by atoms with E-state index in [1.54, 1.807) is 0 Å². The summed E-state index contributed by atoms with van der Waals surface area (Å²) in [6.45, 7) is 1.41. The van der Waals surface area contributed by atoms with Crippen LogP contribution in [0.1, 0.15) is 82.1 Å². The first kappa shape index (κ1) is 10.1. The Balaban J connectivity index is 2.99. The van der Waals surface area contributed by atoms with E-state index in [1.807, 2.05) is 0 Å². The lowest BCUT2D eigenvalue weighted by Gasteiger charge is -2.02. The van der Waals surface area contributed by atoms with E-state index in [0.29, 0.717) is 0 Å². The molecule has 0 saturated carbocycles. The molecule has 92 valence electrons. The van der Waals surface area contributed by atoms with Crippen LogP contribution in [-0.2, 0) is 0 Å². The lowest BCUT2D eigenvalue weighted by atomic mass is 10.1. The topological polar surface area (TPSA) is 12.0 Å². The van der Waals surface area contributed by atoms with Crippen LogP contribution in [0.25, 0.3) is 0 Å². The highest BCUT2D eigenvalue weighted by atomic mass is 14.8. The van der Waals surface area contributed by atoms with Crippen LogP contribution in [0, 0.1) is 0 Å². The first-order valence-corrected chi connectivity index (χ1v) is 6.77. The zero-order chi connectivity index (χ0) is 13.7. The van der Waals surface area contributed by atoms with Crippen molar-refractivity contribution >= 4 is 0 Å². The second-order valence-corrected chi connectivity index (χ2v) is 4.36. The van der Waals surface area contributed by atoms with Crippen LogP contribution in [-0.4, -0.2) is 13.1 Å². The summed E-state index contributed by atoms with van der Waals surface area (Å²) in [4.78, 5) is 0. The molecule has 1 N–H and O–H groups in total. The van der Waals surface area contributed by atoms with Crippen LogP contribution in [0.5, 0.6) is 0 Å². The van der Waals surface area contributed by atoms with Gasteiger partial charge in [0.1, 0.15) is 0 Å². The lowest BCUT2D eigenvalue weighted by Crippen LogP contribution is -2.13. The number of hydrogen-bond acceptors (Lipinski definition) is 1. The van der Waals surface area contributed by atoms with E-state index >= 15 is 0 Å². The molecule has 0 bridgehead atoms. The van der Waals surface area contributed by atoms with Crippen molar-refractivity contribution in [1.29, 1.82) is 0 Å². The van der Waals surface area contributed by atoms with Crippen LogP contribution in [0.3, 0.4) is 0 Å². The molecular formula is C14H31N. The highest BCUT2D eigenvalue weighted by molar-refractivity contribution is 4.49. The van der Waals surface area contributed by atoms with Crippen molar-refractivity contribution in [3.8, 4) is 0 Å². The zero-order valence-electron chi connectivity index (χ0n) is 13.5. The van der Waals surface area contributed by atoms with E-state index in [2.05, 4.69) is 12.2 Å². The molecule has 0 fully saturated rings. The minimum atomic E-state index is -1.82. The predicted octanol–water partition coefficient (Wildman–Crippen LogP) is 4.52. The van der Waals surface area contributed by atoms with Crippen molar-refractivity contribution in [3.63, 3.8) is 0 Å². The van der Waals surface area contributed by atoms with Gasteiger partial charge in [0.05, 0.1) is 0 Å². The Kier molecular flexibility index (Phi) is 9.43. The average molecular weight is 216 g/mol. The highest BCUT2D eigenvalue weighted by Gasteiger charge is 1.91. The maximum absolute atomic E-state index is 7.04. The summed E-state index contributed by atoms with van der Waals surface area (Å²) < 4.78 is 21.1. The molecule has 0 aromatic carbocycles. The van der Waals surface area contributed by atoms with Gasteiger partial charge in [-0.2, -0.15) is 0 Å². The van der Waals surface area contributed by atoms with Crippen molar-refractivity contribution in [2.75, 3.05) is 13.1 Å². The van der Waals surface area contributed by atoms with E-state index in [0.717, 1.165) is 13.0 Å². The minimum absolute atomic E-state index is 0.143. The Hall–Kier alpha value is -0.0400. The van der Waals surface area contributed by atoms with E-state index < -0.39 is 6.85 Å². The number of hydrogen-bond donors (Lipinski definition) is 1. The normalized spacial score (nSPS) is 14.6. The summed E-state index contributed by atoms with van der Waals surface area (Å²) in [6.07, 6.45) is 13.2. The van der Waals surface area contributed by atoms with Crippen LogP contribution < -0.4 is 5.32 Å². The third-order valence-corrected chi connectivity index (χ3v) is 2.83. The van der Waals surface area contributed by atoms with Crippen molar-refractivity contribution in [3.05, 3.63) is 0 Å². The van der Waals surface area contributed by atoms with Gasteiger partial charge in [-0.3, -0.25) is 0 Å². The van der Waals surface area contributed by atoms with Gasteiger partial charge in [-0.1, -0.05) is 71.6 Å². The molecule has 0 spiro atoms. The molecule has 0 radical (unpaired) electrons. The van der Waals surface area contributed by atoms with E-state index in [4.69, 9.17) is 4.11 Å². The molecule has 0 rings (SSSR count). The van der Waals surface area contributed by atoms with Crippen molar-refractivity contribution < 1.29 is 4.11 Å². The molecule has 0 atom stereocenters. The molecule has 0 unspecified atom stereocenters. The largest absolute Gasteiger partial charge is 0.317 e.